The minimum atomic E-state index is -1.44. The summed E-state index contributed by atoms with van der Waals surface area (Å²) in [4.78, 5) is 169. The van der Waals surface area contributed by atoms with E-state index in [4.69, 9.17) is 31.7 Å². The van der Waals surface area contributed by atoms with Gasteiger partial charge in [-0.2, -0.15) is 9.97 Å². The van der Waals surface area contributed by atoms with Crippen LogP contribution in [0.4, 0.5) is 28.8 Å². The number of primary amides is 2. The predicted octanol–water partition coefficient (Wildman–Crippen LogP) is 2.69. The average Bonchev–Trinajstić information content (AvgIpc) is 3.30. The van der Waals surface area contributed by atoms with Crippen LogP contribution in [-0.4, -0.2) is 184 Å². The number of carbonyl (C=O) groups excluding carboxylic acids is 7. The molecule has 454 valence electrons. The molecule has 13 N–H and O–H groups in total. The predicted molar refractivity (Wildman–Crippen MR) is 283 cm³/mol. The van der Waals surface area contributed by atoms with E-state index >= 15 is 0 Å². The third-order valence-corrected chi connectivity index (χ3v) is 6.85. The molecule has 1 unspecified atom stereocenters. The highest BCUT2D eigenvalue weighted by molar-refractivity contribution is 7.29. The smallest absolute Gasteiger partial charge is 0.419 e. The van der Waals surface area contributed by atoms with Crippen molar-refractivity contribution in [2.75, 3.05) is 59.8 Å². The number of nitrogens with zero attached hydrogens (tertiary/aromatic N) is 7. The number of aromatic nitrogens is 6. The molecule has 2 aromatic heterocycles. The maximum absolute atomic E-state index is 11.2. The number of nitrogens with two attached hydrogens (primary N) is 2. The Labute approximate surface area is 452 Å². The summed E-state index contributed by atoms with van der Waals surface area (Å²) in [6, 6.07) is -1.63. The molecule has 2 aromatic rings. The van der Waals surface area contributed by atoms with Crippen molar-refractivity contribution in [3.8, 4) is 0 Å². The summed E-state index contributed by atoms with van der Waals surface area (Å²) in [7, 11) is 1.22. The van der Waals surface area contributed by atoms with E-state index in [-0.39, 0.29) is 101 Å². The standard InChI is InChI=1S/C8H15NO4.C7H9N3O4.C7H12O4.C6H7N3O4.C4H9N3O2.C4H7NO4.C3H8.CH5OP.2CH4.H3N/c1-4-9(7(10)12-5-2)8(11)13-6-3;1-3-10-6(12)8-4(5(11)14-2)9-7(10)13;1-3-10-6(8)5-7(9)11-4-2;1-2-9-5(12)7-3(4(10)11)8-6(9)13;1-2-7(3(5)8)4(6)9;1-2-5(3(6)7)4(8)9;2*1-3-2;;;/h4-6H2,1-3H3;3H2,1-2H3,(H,8,9,12,13);3-5H2,1-2H3;2H2,1H3,(H,10,11)(H,7,8,12,13);2H2,1H3,(H2,5,8)(H2,6,9);2H2,1H3,(H,6,7)(H,8,9);3H2,1-2H3;2-3H,1H3;2*1H4;1H3. The first-order chi connectivity index (χ1) is 35.0. The van der Waals surface area contributed by atoms with E-state index in [1.54, 1.807) is 62.1 Å². The van der Waals surface area contributed by atoms with Gasteiger partial charge in [0.25, 0.3) is 0 Å². The molecular formula is C42H83N12O23P. The Hall–Kier alpha value is -8.33. The lowest BCUT2D eigenvalue weighted by molar-refractivity contribution is -0.154. The van der Waals surface area contributed by atoms with Crippen molar-refractivity contribution in [3.05, 3.63) is 53.6 Å². The quantitative estimate of drug-likeness (QED) is 0.0602. The van der Waals surface area contributed by atoms with E-state index in [1.165, 1.54) is 13.3 Å². The van der Waals surface area contributed by atoms with E-state index in [9.17, 15) is 67.1 Å². The van der Waals surface area contributed by atoms with Gasteiger partial charge in [-0.15, -0.1) is 0 Å². The van der Waals surface area contributed by atoms with Crippen molar-refractivity contribution >= 4 is 69.1 Å². The lowest BCUT2D eigenvalue weighted by Crippen LogP contribution is -2.43. The number of hydrogen-bond acceptors (Lipinski definition) is 23. The van der Waals surface area contributed by atoms with E-state index in [0.717, 1.165) is 26.0 Å². The van der Waals surface area contributed by atoms with Crippen LogP contribution in [0.1, 0.15) is 125 Å². The number of H-pyrrole nitrogens is 2. The van der Waals surface area contributed by atoms with Gasteiger partial charge in [-0.05, 0) is 69.0 Å². The fourth-order valence-electron chi connectivity index (χ4n) is 3.78. The van der Waals surface area contributed by atoms with Crippen molar-refractivity contribution in [1.29, 1.82) is 0 Å². The molecule has 78 heavy (non-hydrogen) atoms. The first-order valence-corrected chi connectivity index (χ1v) is 23.6. The summed E-state index contributed by atoms with van der Waals surface area (Å²) in [5.74, 6) is -4.37. The number of carboxylic acid groups (broad SMARTS) is 3. The number of hydrogen-bond donors (Lipinski definition) is 9. The van der Waals surface area contributed by atoms with Crippen molar-refractivity contribution in [3.63, 3.8) is 0 Å². The molecule has 0 aliphatic rings. The van der Waals surface area contributed by atoms with Gasteiger partial charge in [0, 0.05) is 41.5 Å². The second kappa shape index (κ2) is 54.9. The van der Waals surface area contributed by atoms with Crippen molar-refractivity contribution in [2.45, 2.75) is 117 Å². The summed E-state index contributed by atoms with van der Waals surface area (Å²) in [6.07, 6.45) is -3.25. The lowest BCUT2D eigenvalue weighted by Gasteiger charge is -2.16. The van der Waals surface area contributed by atoms with Crippen LogP contribution >= 0.6 is 8.81 Å². The molecule has 0 aromatic carbocycles. The second-order valence-corrected chi connectivity index (χ2v) is 12.7. The van der Waals surface area contributed by atoms with Crippen LogP contribution in [0.15, 0.2) is 19.2 Å². The maximum atomic E-state index is 11.2. The van der Waals surface area contributed by atoms with Gasteiger partial charge in [0.2, 0.25) is 11.6 Å². The Kier molecular flexibility index (Phi) is 62.8. The first-order valence-electron chi connectivity index (χ1n) is 22.1. The van der Waals surface area contributed by atoms with Gasteiger partial charge < -0.3 is 61.5 Å². The Balaban J connectivity index is -0.000000102. The Morgan fingerprint density at radius 2 is 0.859 bits per heavy atom. The van der Waals surface area contributed by atoms with Crippen LogP contribution in [0.25, 0.3) is 0 Å². The fraction of sp³-hybridized carbons (Fsp3) is 0.619. The van der Waals surface area contributed by atoms with E-state index < -0.39 is 88.9 Å². The van der Waals surface area contributed by atoms with Gasteiger partial charge in [-0.1, -0.05) is 35.1 Å². The lowest BCUT2D eigenvalue weighted by atomic mass is 10.4. The molecule has 0 bridgehead atoms. The zero-order valence-electron chi connectivity index (χ0n) is 44.8. The van der Waals surface area contributed by atoms with Gasteiger partial charge >= 0.3 is 83.1 Å². The van der Waals surface area contributed by atoms with Crippen LogP contribution in [0.3, 0.4) is 0 Å². The number of amides is 8. The van der Waals surface area contributed by atoms with E-state index in [1.807, 2.05) is 4.98 Å². The minimum absolute atomic E-state index is 0. The SMILES string of the molecule is C.C.CCC.CCN(C(=O)O)C(=O)O.CCN(C(N)=O)C(N)=O.CCOC(=O)CC(=O)OCC.CCOC(=O)N(CC)C(=O)OCC.CCn1c(=O)nc(C(=O)O)[nH]c1=O.CCn1c(=O)nc(C(=O)OC)[nH]c1=O.CPO.N. The number of urea groups is 2. The van der Waals surface area contributed by atoms with Crippen LogP contribution in [0, 0.1) is 0 Å². The first kappa shape index (κ1) is 89.3. The minimum Gasteiger partial charge on any atom is -0.475 e. The highest BCUT2D eigenvalue weighted by Gasteiger charge is 2.21. The zero-order chi connectivity index (χ0) is 60.0. The fourth-order valence-corrected chi connectivity index (χ4v) is 3.78. The number of ether oxygens (including phenoxy) is 5. The molecule has 35 nitrogen and oxygen atoms in total. The molecule has 0 aliphatic carbocycles. The molecule has 0 saturated carbocycles. The summed E-state index contributed by atoms with van der Waals surface area (Å²) in [5, 5.41) is 24.6. The summed E-state index contributed by atoms with van der Waals surface area (Å²) < 4.78 is 24.3. The molecule has 36 heteroatoms. The Bertz CT molecular complexity index is 2150. The number of nitrogens with one attached hydrogen (secondary N) is 2. The van der Waals surface area contributed by atoms with Crippen LogP contribution < -0.4 is 40.4 Å². The van der Waals surface area contributed by atoms with Gasteiger partial charge in [-0.25, -0.2) is 81.4 Å². The molecule has 2 rings (SSSR count). The third-order valence-electron chi connectivity index (χ3n) is 6.85. The van der Waals surface area contributed by atoms with Crippen LogP contribution in [0.5, 0.6) is 0 Å². The molecule has 0 aliphatic heterocycles. The van der Waals surface area contributed by atoms with Crippen molar-refractivity contribution < 1.29 is 91.8 Å². The van der Waals surface area contributed by atoms with Crippen LogP contribution in [0.2, 0.25) is 0 Å². The number of aromatic amines is 2. The number of imide groups is 3. The Morgan fingerprint density at radius 3 is 1.05 bits per heavy atom. The number of esters is 3. The topological polar surface area (TPSA) is 530 Å². The summed E-state index contributed by atoms with van der Waals surface area (Å²) in [5.41, 5.74) is 6.41. The highest BCUT2D eigenvalue weighted by atomic mass is 31.1. The monoisotopic (exact) mass is 1150 g/mol. The molecular weight excluding hydrogens is 1070 g/mol. The summed E-state index contributed by atoms with van der Waals surface area (Å²) >= 11 is 0. The zero-order valence-corrected chi connectivity index (χ0v) is 45.8. The number of carbonyl (C=O) groups is 10. The average molecular weight is 1160 g/mol. The number of aromatic carboxylic acids is 1. The van der Waals surface area contributed by atoms with Gasteiger partial charge in [-0.3, -0.25) is 19.6 Å². The molecule has 1 atom stereocenters. The van der Waals surface area contributed by atoms with E-state index in [2.05, 4.69) is 52.5 Å². The van der Waals surface area contributed by atoms with E-state index in [0.29, 0.717) is 4.90 Å². The largest absolute Gasteiger partial charge is 0.475 e. The number of rotatable bonds is 13. The third kappa shape index (κ3) is 43.0. The molecule has 2 heterocycles. The van der Waals surface area contributed by atoms with Gasteiger partial charge in [0.1, 0.15) is 6.42 Å². The molecule has 0 saturated heterocycles. The maximum Gasteiger partial charge on any atom is 0.419 e. The number of carboxylic acids is 1. The second-order valence-electron chi connectivity index (χ2n) is 12.2. The normalized spacial score (nSPS) is 8.79. The van der Waals surface area contributed by atoms with Gasteiger partial charge in [0.05, 0.1) is 33.5 Å². The Morgan fingerprint density at radius 1 is 0.564 bits per heavy atom. The van der Waals surface area contributed by atoms with Gasteiger partial charge in [0.15, 0.2) is 0 Å². The van der Waals surface area contributed by atoms with Crippen molar-refractivity contribution in [1.82, 2.24) is 49.9 Å². The summed E-state index contributed by atoms with van der Waals surface area (Å²) in [6.45, 7) is 22.5. The van der Waals surface area contributed by atoms with Crippen molar-refractivity contribution in [2.24, 2.45) is 11.5 Å². The molecule has 0 radical (unpaired) electrons. The molecule has 8 amide bonds. The highest BCUT2D eigenvalue weighted by Crippen LogP contribution is 1.98. The molecule has 0 spiro atoms. The number of methoxy groups -OCH3 is 1. The molecule has 0 fully saturated rings. The van der Waals surface area contributed by atoms with Crippen LogP contribution in [-0.2, 0) is 46.4 Å².